The molecule has 6 atom stereocenters. The van der Waals surface area contributed by atoms with E-state index in [1.165, 1.54) is 4.73 Å². The first-order valence-corrected chi connectivity index (χ1v) is 8.19. The van der Waals surface area contributed by atoms with Crippen LogP contribution in [0.1, 0.15) is 24.4 Å². The molecule has 0 unspecified atom stereocenters. The summed E-state index contributed by atoms with van der Waals surface area (Å²) in [5, 5.41) is 38.6. The summed E-state index contributed by atoms with van der Waals surface area (Å²) >= 11 is 0. The second-order valence-corrected chi connectivity index (χ2v) is 6.48. The summed E-state index contributed by atoms with van der Waals surface area (Å²) in [4.78, 5) is 18.9. The maximum absolute atomic E-state index is 11.1. The zero-order chi connectivity index (χ0) is 18.1. The van der Waals surface area contributed by atoms with Crippen LogP contribution in [0.4, 0.5) is 0 Å². The van der Waals surface area contributed by atoms with Crippen molar-refractivity contribution in [2.75, 3.05) is 13.6 Å². The Hall–Kier alpha value is -1.78. The fourth-order valence-corrected chi connectivity index (χ4v) is 3.33. The molecule has 138 valence electrons. The molecule has 0 bridgehead atoms. The van der Waals surface area contributed by atoms with Crippen molar-refractivity contribution in [1.29, 1.82) is 0 Å². The van der Waals surface area contributed by atoms with E-state index in [1.54, 1.807) is 18.5 Å². The van der Waals surface area contributed by atoms with Crippen LogP contribution in [-0.4, -0.2) is 75.6 Å². The van der Waals surface area contributed by atoms with Crippen LogP contribution in [0.5, 0.6) is 0 Å². The maximum Gasteiger partial charge on any atom is 0.335 e. The fraction of sp³-hybridized carbons (Fsp3) is 0.625. The summed E-state index contributed by atoms with van der Waals surface area (Å²) in [6.45, 7) is 1.01. The number of carboxylic acid groups (broad SMARTS) is 1. The van der Waals surface area contributed by atoms with Gasteiger partial charge in [-0.05, 0) is 32.5 Å². The van der Waals surface area contributed by atoms with Gasteiger partial charge in [-0.3, -0.25) is 4.90 Å². The van der Waals surface area contributed by atoms with Gasteiger partial charge in [0.1, 0.15) is 12.2 Å². The Morgan fingerprint density at radius 1 is 1.32 bits per heavy atom. The molecule has 0 spiro atoms. The van der Waals surface area contributed by atoms with E-state index in [-0.39, 0.29) is 6.04 Å². The molecule has 4 N–H and O–H groups in total. The van der Waals surface area contributed by atoms with Crippen LogP contribution in [-0.2, 0) is 9.53 Å². The third-order valence-electron chi connectivity index (χ3n) is 4.74. The van der Waals surface area contributed by atoms with Crippen molar-refractivity contribution in [2.45, 2.75) is 49.6 Å². The predicted molar refractivity (Wildman–Crippen MR) is 82.1 cm³/mol. The minimum Gasteiger partial charge on any atom is -0.479 e. The third-order valence-corrected chi connectivity index (χ3v) is 4.74. The Bertz CT molecular complexity index is 628. The number of carboxylic acids is 1. The van der Waals surface area contributed by atoms with Gasteiger partial charge in [-0.15, -0.1) is 0 Å². The summed E-state index contributed by atoms with van der Waals surface area (Å²) in [6, 6.07) is 3.99. The van der Waals surface area contributed by atoms with Crippen LogP contribution in [0.3, 0.4) is 0 Å². The van der Waals surface area contributed by atoms with Crippen molar-refractivity contribution in [3.05, 3.63) is 30.1 Å². The minimum atomic E-state index is -1.74. The molecule has 9 heteroatoms. The zero-order valence-corrected chi connectivity index (χ0v) is 13.8. The van der Waals surface area contributed by atoms with E-state index in [4.69, 9.17) is 14.7 Å². The number of pyridine rings is 1. The highest BCUT2D eigenvalue weighted by molar-refractivity contribution is 5.73. The first-order valence-electron chi connectivity index (χ1n) is 8.19. The number of carbonyl (C=O) groups is 1. The van der Waals surface area contributed by atoms with Gasteiger partial charge in [0.2, 0.25) is 12.4 Å². The molecular weight excluding hydrogens is 332 g/mol. The van der Waals surface area contributed by atoms with Crippen molar-refractivity contribution in [2.24, 2.45) is 0 Å². The van der Waals surface area contributed by atoms with E-state index in [2.05, 4.69) is 4.90 Å². The van der Waals surface area contributed by atoms with E-state index >= 15 is 0 Å². The SMILES string of the molecule is CN1CCC[C@H]1c1ccc[n+](O[C@@H]2O[C@H](C(=O)O)[C@@H](O)[C@H](O)[C@H]2O)c1. The smallest absolute Gasteiger partial charge is 0.335 e. The van der Waals surface area contributed by atoms with Gasteiger partial charge < -0.3 is 25.2 Å². The number of aliphatic carboxylic acids is 1. The molecule has 9 nitrogen and oxygen atoms in total. The highest BCUT2D eigenvalue weighted by atomic mass is 16.8. The number of aliphatic hydroxyl groups excluding tert-OH is 3. The lowest BCUT2D eigenvalue weighted by Crippen LogP contribution is -2.65. The van der Waals surface area contributed by atoms with Gasteiger partial charge in [0.15, 0.2) is 12.2 Å². The van der Waals surface area contributed by atoms with Gasteiger partial charge in [-0.25, -0.2) is 9.63 Å². The molecule has 2 aliphatic rings. The standard InChI is InChI=1S/C16H22N2O7/c1-17-6-3-5-10(17)9-4-2-7-18(8-9)25-16-13(21)11(19)12(20)14(24-16)15(22)23/h2,4,7-8,10-14,16,19-21H,3,5-6H2,1H3/p+1/t10-,11-,12-,13+,14-,16-/m0/s1. The molecule has 3 rings (SSSR count). The highest BCUT2D eigenvalue weighted by Crippen LogP contribution is 2.29. The van der Waals surface area contributed by atoms with E-state index < -0.39 is 36.7 Å². The van der Waals surface area contributed by atoms with Gasteiger partial charge in [-0.1, -0.05) is 0 Å². The summed E-state index contributed by atoms with van der Waals surface area (Å²) in [5.41, 5.74) is 1.02. The summed E-state index contributed by atoms with van der Waals surface area (Å²) < 4.78 is 6.44. The lowest BCUT2D eigenvalue weighted by Gasteiger charge is -2.36. The van der Waals surface area contributed by atoms with Crippen molar-refractivity contribution in [3.8, 4) is 0 Å². The van der Waals surface area contributed by atoms with E-state index in [1.807, 2.05) is 13.1 Å². The quantitative estimate of drug-likeness (QED) is 0.460. The number of ether oxygens (including phenoxy) is 1. The molecule has 2 saturated heterocycles. The Balaban J connectivity index is 1.76. The molecule has 25 heavy (non-hydrogen) atoms. The highest BCUT2D eigenvalue weighted by Gasteiger charge is 2.49. The molecule has 3 heterocycles. The lowest BCUT2D eigenvalue weighted by molar-refractivity contribution is -0.909. The first kappa shape index (κ1) is 18.0. The van der Waals surface area contributed by atoms with Gasteiger partial charge in [-0.2, -0.15) is 0 Å². The minimum absolute atomic E-state index is 0.257. The van der Waals surface area contributed by atoms with Gasteiger partial charge in [0.05, 0.1) is 0 Å². The van der Waals surface area contributed by atoms with E-state index in [0.717, 1.165) is 24.9 Å². The Labute approximate surface area is 144 Å². The monoisotopic (exact) mass is 355 g/mol. The van der Waals surface area contributed by atoms with Crippen LogP contribution >= 0.6 is 0 Å². The molecule has 1 aromatic rings. The first-order chi connectivity index (χ1) is 11.9. The second kappa shape index (κ2) is 7.22. The van der Waals surface area contributed by atoms with Gasteiger partial charge >= 0.3 is 5.97 Å². The second-order valence-electron chi connectivity index (χ2n) is 6.48. The Morgan fingerprint density at radius 2 is 2.08 bits per heavy atom. The number of rotatable bonds is 4. The average Bonchev–Trinajstić information content (AvgIpc) is 3.01. The zero-order valence-electron chi connectivity index (χ0n) is 13.8. The molecule has 0 aliphatic carbocycles. The molecule has 0 saturated carbocycles. The molecule has 1 aromatic heterocycles. The number of nitrogens with zero attached hydrogens (tertiary/aromatic N) is 2. The number of likely N-dealkylation sites (tertiary alicyclic amines) is 1. The van der Waals surface area contributed by atoms with Gasteiger partial charge in [0, 0.05) is 22.4 Å². The summed E-state index contributed by atoms with van der Waals surface area (Å²) in [6.07, 6.45) is -2.69. The normalized spacial score (nSPS) is 36.3. The van der Waals surface area contributed by atoms with Crippen LogP contribution in [0.15, 0.2) is 24.5 Å². The van der Waals surface area contributed by atoms with Crippen LogP contribution in [0.2, 0.25) is 0 Å². The maximum atomic E-state index is 11.1. The molecule has 2 aliphatic heterocycles. The molecule has 0 radical (unpaired) electrons. The molecule has 0 aromatic carbocycles. The predicted octanol–water partition coefficient (Wildman–Crippen LogP) is -1.94. The van der Waals surface area contributed by atoms with Crippen molar-refractivity contribution >= 4 is 5.97 Å². The van der Waals surface area contributed by atoms with Crippen LogP contribution < -0.4 is 9.57 Å². The Kier molecular flexibility index (Phi) is 5.21. The van der Waals surface area contributed by atoms with Crippen molar-refractivity contribution < 1.29 is 39.5 Å². The third kappa shape index (κ3) is 3.60. The number of aliphatic hydroxyl groups is 3. The fourth-order valence-electron chi connectivity index (χ4n) is 3.33. The largest absolute Gasteiger partial charge is 0.479 e. The topological polar surface area (TPSA) is 124 Å². The Morgan fingerprint density at radius 3 is 2.72 bits per heavy atom. The van der Waals surface area contributed by atoms with Crippen molar-refractivity contribution in [1.82, 2.24) is 4.90 Å². The molecule has 2 fully saturated rings. The number of hydrogen-bond donors (Lipinski definition) is 4. The van der Waals surface area contributed by atoms with Crippen molar-refractivity contribution in [3.63, 3.8) is 0 Å². The average molecular weight is 355 g/mol. The lowest BCUT2D eigenvalue weighted by atomic mass is 9.99. The van der Waals surface area contributed by atoms with Gasteiger partial charge in [0.25, 0.3) is 6.29 Å². The molecular formula is C16H23N2O7+. The summed E-state index contributed by atoms with van der Waals surface area (Å²) in [5.74, 6) is -1.45. The molecule has 0 amide bonds. The number of hydrogen-bond acceptors (Lipinski definition) is 7. The van der Waals surface area contributed by atoms with E-state index in [0.29, 0.717) is 0 Å². The summed E-state index contributed by atoms with van der Waals surface area (Å²) in [7, 11) is 2.04. The van der Waals surface area contributed by atoms with E-state index in [9.17, 15) is 20.1 Å². The number of aromatic nitrogens is 1. The van der Waals surface area contributed by atoms with Crippen LogP contribution in [0.25, 0.3) is 0 Å². The van der Waals surface area contributed by atoms with Crippen LogP contribution in [0, 0.1) is 0 Å².